The second-order valence-corrected chi connectivity index (χ2v) is 3.53. The van der Waals surface area contributed by atoms with E-state index in [9.17, 15) is 0 Å². The molecular formula is H2BaCr2O8. The van der Waals surface area contributed by atoms with Gasteiger partial charge in [-0.25, -0.2) is 0 Å². The molecule has 0 rings (SSSR count). The molecule has 0 aromatic carbocycles. The average Bonchev–Trinajstić information content (AvgIpc) is 1.12. The Bertz CT molecular complexity index is 208. The molecule has 0 spiro atoms. The van der Waals surface area contributed by atoms with E-state index in [1.807, 2.05) is 0 Å². The van der Waals surface area contributed by atoms with E-state index >= 15 is 0 Å². The van der Waals surface area contributed by atoms with Gasteiger partial charge in [0.25, 0.3) is 0 Å². The summed E-state index contributed by atoms with van der Waals surface area (Å²) in [6.07, 6.45) is 0. The zero-order valence-electron chi connectivity index (χ0n) is 4.87. The molecule has 0 heterocycles. The summed E-state index contributed by atoms with van der Waals surface area (Å²) >= 11 is -11.0. The second-order valence-electron chi connectivity index (χ2n) is 0.856. The summed E-state index contributed by atoms with van der Waals surface area (Å²) in [4.78, 5) is 0. The molecule has 0 aliphatic carbocycles. The molecule has 0 radical (unpaired) electrons. The molecule has 0 aliphatic rings. The minimum absolute atomic E-state index is 0. The van der Waals surface area contributed by atoms with Crippen molar-refractivity contribution in [1.82, 2.24) is 0 Å². The van der Waals surface area contributed by atoms with Gasteiger partial charge in [-0.05, 0) is 0 Å². The Morgan fingerprint density at radius 3 is 0.909 bits per heavy atom. The van der Waals surface area contributed by atoms with Crippen molar-refractivity contribution in [2.24, 2.45) is 0 Å². The van der Waals surface area contributed by atoms with Gasteiger partial charge in [-0.2, -0.15) is 0 Å². The maximum atomic E-state index is 8.82. The van der Waals surface area contributed by atoms with E-state index in [1.54, 1.807) is 0 Å². The van der Waals surface area contributed by atoms with Gasteiger partial charge in [-0.1, -0.05) is 0 Å². The molecule has 64 valence electrons. The summed E-state index contributed by atoms with van der Waals surface area (Å²) in [5, 5.41) is 0. The van der Waals surface area contributed by atoms with Gasteiger partial charge in [0.2, 0.25) is 0 Å². The van der Waals surface area contributed by atoms with E-state index in [1.165, 1.54) is 0 Å². The average molecular weight is 371 g/mol. The zero-order valence-corrected chi connectivity index (χ0v) is 11.9. The van der Waals surface area contributed by atoms with Gasteiger partial charge in [0.05, 0.1) is 0 Å². The number of hydrogen-bond acceptors (Lipinski definition) is 6. The van der Waals surface area contributed by atoms with Crippen LogP contribution >= 0.6 is 0 Å². The SMILES string of the molecule is [Ba+2].[O]=[Cr](=[O])([O-])[O-].[O]=[Cr](=[O])([OH])[OH]. The quantitative estimate of drug-likeness (QED) is 0.405. The molecule has 11 heteroatoms. The molecule has 2 N–H and O–H groups in total. The Hall–Kier alpha value is 1.68. The van der Waals surface area contributed by atoms with Crippen LogP contribution in [-0.4, -0.2) is 57.2 Å². The standard InChI is InChI=1S/Ba.2Cr.2H2O.6O/h;;;2*1H2;;;;;;/q+2;;+2;;;;;;;2*-1/p-2. The molecule has 0 unspecified atom stereocenters. The van der Waals surface area contributed by atoms with Crippen LogP contribution in [-0.2, 0) is 42.4 Å². The van der Waals surface area contributed by atoms with Gasteiger partial charge < -0.3 is 0 Å². The van der Waals surface area contributed by atoms with E-state index in [2.05, 4.69) is 0 Å². The van der Waals surface area contributed by atoms with Crippen LogP contribution in [0.4, 0.5) is 0 Å². The van der Waals surface area contributed by atoms with Crippen molar-refractivity contribution in [1.29, 1.82) is 0 Å². The molecule has 0 aromatic heterocycles. The van der Waals surface area contributed by atoms with E-state index in [0.717, 1.165) is 0 Å². The Labute approximate surface area is 106 Å². The van der Waals surface area contributed by atoms with Crippen molar-refractivity contribution in [3.63, 3.8) is 0 Å². The van der Waals surface area contributed by atoms with E-state index in [4.69, 9.17) is 31.8 Å². The zero-order chi connectivity index (χ0) is 9.00. The monoisotopic (exact) mass is 372 g/mol. The molecule has 0 amide bonds. The van der Waals surface area contributed by atoms with E-state index in [0.29, 0.717) is 0 Å². The van der Waals surface area contributed by atoms with Gasteiger partial charge in [0.1, 0.15) is 0 Å². The predicted octanol–water partition coefficient (Wildman–Crippen LogP) is -4.35. The first kappa shape index (κ1) is 18.5. The molecule has 0 atom stereocenters. The predicted molar refractivity (Wildman–Crippen MR) is 12.9 cm³/mol. The Kier molecular flexibility index (Phi) is 11.9. The van der Waals surface area contributed by atoms with Crippen molar-refractivity contribution < 1.29 is 59.1 Å². The minimum atomic E-state index is -5.75. The van der Waals surface area contributed by atoms with Gasteiger partial charge in [0.15, 0.2) is 0 Å². The van der Waals surface area contributed by atoms with Crippen LogP contribution < -0.4 is 8.32 Å². The first-order valence-corrected chi connectivity index (χ1v) is 5.63. The van der Waals surface area contributed by atoms with Crippen molar-refractivity contribution in [3.8, 4) is 0 Å². The molecule has 0 aromatic rings. The summed E-state index contributed by atoms with van der Waals surface area (Å²) in [6, 6.07) is 0. The van der Waals surface area contributed by atoms with E-state index < -0.39 is 27.2 Å². The number of hydrogen-bond donors (Lipinski definition) is 2. The van der Waals surface area contributed by atoms with Crippen molar-refractivity contribution in [3.05, 3.63) is 0 Å². The van der Waals surface area contributed by atoms with Crippen molar-refractivity contribution in [2.45, 2.75) is 0 Å². The molecule has 0 saturated heterocycles. The van der Waals surface area contributed by atoms with Gasteiger partial charge in [0, 0.05) is 0 Å². The van der Waals surface area contributed by atoms with Crippen LogP contribution in [0.3, 0.4) is 0 Å². The third kappa shape index (κ3) is 389. The molecule has 0 saturated carbocycles. The molecule has 8 nitrogen and oxygen atoms in total. The third-order valence-electron chi connectivity index (χ3n) is 0. The molecular weight excluding hydrogens is 369 g/mol. The normalized spacial score (nSPS) is 10.5. The van der Waals surface area contributed by atoms with Crippen LogP contribution in [0.5, 0.6) is 0 Å². The Balaban J connectivity index is -0.000000107. The van der Waals surface area contributed by atoms with Gasteiger partial charge in [-0.15, -0.1) is 0 Å². The Morgan fingerprint density at radius 2 is 0.909 bits per heavy atom. The Morgan fingerprint density at radius 1 is 0.909 bits per heavy atom. The van der Waals surface area contributed by atoms with Crippen molar-refractivity contribution in [2.75, 3.05) is 0 Å². The molecule has 0 bridgehead atoms. The van der Waals surface area contributed by atoms with Crippen LogP contribution in [0.25, 0.3) is 0 Å². The fourth-order valence-corrected chi connectivity index (χ4v) is 0. The fraction of sp³-hybridized carbons (Fsp3) is 0. The summed E-state index contributed by atoms with van der Waals surface area (Å²) in [5.74, 6) is 0. The van der Waals surface area contributed by atoms with Crippen LogP contribution in [0, 0.1) is 0 Å². The van der Waals surface area contributed by atoms with Crippen LogP contribution in [0.1, 0.15) is 0 Å². The summed E-state index contributed by atoms with van der Waals surface area (Å²) < 4.78 is 66.2. The maximum absolute atomic E-state index is 8.82. The van der Waals surface area contributed by atoms with Crippen LogP contribution in [0.15, 0.2) is 0 Å². The fourth-order valence-electron chi connectivity index (χ4n) is 0. The first-order chi connectivity index (χ1) is 4.00. The summed E-state index contributed by atoms with van der Waals surface area (Å²) in [5.41, 5.74) is 0. The second kappa shape index (κ2) is 7.12. The number of rotatable bonds is 0. The summed E-state index contributed by atoms with van der Waals surface area (Å²) in [7, 11) is 0. The van der Waals surface area contributed by atoms with E-state index in [-0.39, 0.29) is 48.9 Å². The van der Waals surface area contributed by atoms with Crippen LogP contribution in [0.2, 0.25) is 0 Å². The third-order valence-corrected chi connectivity index (χ3v) is 0. The summed E-state index contributed by atoms with van der Waals surface area (Å²) in [6.45, 7) is 0. The molecule has 11 heavy (non-hydrogen) atoms. The van der Waals surface area contributed by atoms with Crippen molar-refractivity contribution >= 4 is 48.9 Å². The molecule has 0 aliphatic heterocycles. The molecule has 0 fully saturated rings. The first-order valence-electron chi connectivity index (χ1n) is 1.37. The van der Waals surface area contributed by atoms with Gasteiger partial charge >= 0.3 is 108 Å². The van der Waals surface area contributed by atoms with Gasteiger partial charge in [-0.3, -0.25) is 0 Å². The topological polar surface area (TPSA) is 155 Å².